The molecule has 0 saturated carbocycles. The van der Waals surface area contributed by atoms with Crippen molar-refractivity contribution in [1.29, 1.82) is 0 Å². The van der Waals surface area contributed by atoms with Crippen LogP contribution in [0.5, 0.6) is 0 Å². The quantitative estimate of drug-likeness (QED) is 0.795. The number of rotatable bonds is 4. The van der Waals surface area contributed by atoms with Crippen molar-refractivity contribution in [2.75, 3.05) is 13.7 Å². The first-order chi connectivity index (χ1) is 13.5. The van der Waals surface area contributed by atoms with Crippen LogP contribution in [0, 0.1) is 11.6 Å². The van der Waals surface area contributed by atoms with E-state index in [9.17, 15) is 13.6 Å². The third-order valence-electron chi connectivity index (χ3n) is 5.45. The molecule has 2 N–H and O–H groups in total. The van der Waals surface area contributed by atoms with E-state index < -0.39 is 23.8 Å². The van der Waals surface area contributed by atoms with Crippen LogP contribution in [0.1, 0.15) is 29.3 Å². The second kappa shape index (κ2) is 7.57. The molecule has 9 heteroatoms. The molecule has 0 amide bonds. The van der Waals surface area contributed by atoms with Gasteiger partial charge in [-0.2, -0.15) is 5.10 Å². The molecular weight excluding hydrogens is 370 g/mol. The lowest BCUT2D eigenvalue weighted by molar-refractivity contribution is -0.141. The second-order valence-electron chi connectivity index (χ2n) is 7.23. The summed E-state index contributed by atoms with van der Waals surface area (Å²) in [7, 11) is 1.34. The minimum atomic E-state index is -0.674. The van der Waals surface area contributed by atoms with Gasteiger partial charge in [-0.05, 0) is 24.6 Å². The molecule has 0 unspecified atom stereocenters. The Morgan fingerprint density at radius 3 is 2.96 bits per heavy atom. The Morgan fingerprint density at radius 1 is 1.39 bits per heavy atom. The number of esters is 1. The lowest BCUT2D eigenvalue weighted by Gasteiger charge is -2.38. The van der Waals surface area contributed by atoms with Gasteiger partial charge in [0, 0.05) is 36.3 Å². The predicted octanol–water partition coefficient (Wildman–Crippen LogP) is 1.51. The summed E-state index contributed by atoms with van der Waals surface area (Å²) < 4.78 is 39.8. The Hall–Kier alpha value is -2.36. The second-order valence-corrected chi connectivity index (χ2v) is 7.23. The number of fused-ring (bicyclic) bond motifs is 1. The Balaban J connectivity index is 1.42. The van der Waals surface area contributed by atoms with Crippen molar-refractivity contribution < 1.29 is 23.0 Å². The number of carbonyl (C=O) groups is 1. The van der Waals surface area contributed by atoms with E-state index in [0.29, 0.717) is 26.1 Å². The molecule has 0 radical (unpaired) electrons. The van der Waals surface area contributed by atoms with E-state index in [1.165, 1.54) is 7.11 Å². The molecule has 2 aliphatic rings. The van der Waals surface area contributed by atoms with Gasteiger partial charge in [-0.3, -0.25) is 14.4 Å². The summed E-state index contributed by atoms with van der Waals surface area (Å²) in [6, 6.07) is 2.91. The zero-order chi connectivity index (χ0) is 19.8. The van der Waals surface area contributed by atoms with Crippen molar-refractivity contribution >= 4 is 5.97 Å². The summed E-state index contributed by atoms with van der Waals surface area (Å²) in [6.07, 6.45) is 1.68. The highest BCUT2D eigenvalue weighted by Crippen LogP contribution is 2.34. The Kier molecular flexibility index (Phi) is 5.13. The van der Waals surface area contributed by atoms with Crippen molar-refractivity contribution in [3.8, 4) is 0 Å². The third kappa shape index (κ3) is 3.52. The van der Waals surface area contributed by atoms with Gasteiger partial charge in [0.1, 0.15) is 24.3 Å². The van der Waals surface area contributed by atoms with Crippen molar-refractivity contribution in [3.63, 3.8) is 0 Å². The molecule has 1 fully saturated rings. The van der Waals surface area contributed by atoms with Crippen molar-refractivity contribution in [2.45, 2.75) is 44.2 Å². The van der Waals surface area contributed by atoms with Crippen LogP contribution in [-0.2, 0) is 33.9 Å². The van der Waals surface area contributed by atoms with E-state index in [1.54, 1.807) is 10.9 Å². The average molecular weight is 392 g/mol. The molecule has 1 aromatic heterocycles. The molecule has 4 rings (SSSR count). The molecule has 7 nitrogen and oxygen atoms in total. The topological polar surface area (TPSA) is 82.6 Å². The third-order valence-corrected chi connectivity index (χ3v) is 5.45. The van der Waals surface area contributed by atoms with Gasteiger partial charge in [0.05, 0.1) is 25.6 Å². The minimum absolute atomic E-state index is 0.0434. The van der Waals surface area contributed by atoms with Gasteiger partial charge in [0.25, 0.3) is 0 Å². The molecule has 2 aromatic rings. The molecular formula is C19H22F2N4O3. The summed E-state index contributed by atoms with van der Waals surface area (Å²) in [5, 5.41) is 4.25. The molecule has 28 heavy (non-hydrogen) atoms. The Bertz CT molecular complexity index is 888. The van der Waals surface area contributed by atoms with Crippen LogP contribution in [0.3, 0.4) is 0 Å². The summed E-state index contributed by atoms with van der Waals surface area (Å²) in [5.74, 6) is -1.39. The van der Waals surface area contributed by atoms with Gasteiger partial charge in [-0.25, -0.2) is 8.78 Å². The number of halogens is 2. The normalized spacial score (nSPS) is 24.9. The highest BCUT2D eigenvalue weighted by atomic mass is 19.1. The van der Waals surface area contributed by atoms with E-state index >= 15 is 0 Å². The minimum Gasteiger partial charge on any atom is -0.468 e. The number of ether oxygens (including phenoxy) is 2. The van der Waals surface area contributed by atoms with E-state index in [0.717, 1.165) is 29.5 Å². The Morgan fingerprint density at radius 2 is 2.21 bits per heavy atom. The monoisotopic (exact) mass is 392 g/mol. The number of hydrogen-bond donors (Lipinski definition) is 1. The molecule has 1 aromatic carbocycles. The zero-order valence-electron chi connectivity index (χ0n) is 15.5. The SMILES string of the molecule is COC(=O)Cn1ncc2c1CN([C@H]1CO[C@H](c3cc(F)ccc3F)[C@@H](N)C1)C2. The van der Waals surface area contributed by atoms with Gasteiger partial charge in [-0.15, -0.1) is 0 Å². The lowest BCUT2D eigenvalue weighted by atomic mass is 9.93. The van der Waals surface area contributed by atoms with Crippen LogP contribution in [0.25, 0.3) is 0 Å². The number of benzene rings is 1. The molecule has 0 aliphatic carbocycles. The first-order valence-electron chi connectivity index (χ1n) is 9.12. The maximum absolute atomic E-state index is 14.1. The first-order valence-corrected chi connectivity index (χ1v) is 9.12. The van der Waals surface area contributed by atoms with Crippen molar-refractivity contribution in [2.24, 2.45) is 5.73 Å². The maximum Gasteiger partial charge on any atom is 0.327 e. The highest BCUT2D eigenvalue weighted by Gasteiger charge is 2.37. The van der Waals surface area contributed by atoms with E-state index in [4.69, 9.17) is 15.2 Å². The molecule has 0 spiro atoms. The predicted molar refractivity (Wildman–Crippen MR) is 94.9 cm³/mol. The maximum atomic E-state index is 14.1. The van der Waals surface area contributed by atoms with Crippen LogP contribution in [0.2, 0.25) is 0 Å². The fourth-order valence-corrected chi connectivity index (χ4v) is 3.96. The van der Waals surface area contributed by atoms with Gasteiger partial charge < -0.3 is 15.2 Å². The summed E-state index contributed by atoms with van der Waals surface area (Å²) in [4.78, 5) is 13.7. The number of nitrogens with two attached hydrogens (primary N) is 1. The van der Waals surface area contributed by atoms with Gasteiger partial charge in [-0.1, -0.05) is 0 Å². The molecule has 2 aliphatic heterocycles. The number of nitrogens with zero attached hydrogens (tertiary/aromatic N) is 3. The standard InChI is InChI=1S/C19H22F2N4O3/c1-27-18(26)9-25-17-8-24(7-11(17)6-23-25)13-5-16(22)19(28-10-13)14-4-12(20)2-3-15(14)21/h2-4,6,13,16,19H,5,7-10,22H2,1H3/t13-,16+,19-/m1/s1. The van der Waals surface area contributed by atoms with Crippen LogP contribution < -0.4 is 5.73 Å². The first kappa shape index (κ1) is 19.0. The fourth-order valence-electron chi connectivity index (χ4n) is 3.96. The van der Waals surface area contributed by atoms with E-state index in [1.807, 2.05) is 0 Å². The lowest BCUT2D eigenvalue weighted by Crippen LogP contribution is -2.47. The van der Waals surface area contributed by atoms with E-state index in [-0.39, 0.29) is 24.1 Å². The molecule has 1 saturated heterocycles. The van der Waals surface area contributed by atoms with Gasteiger partial charge in [0.15, 0.2) is 0 Å². The molecule has 0 bridgehead atoms. The highest BCUT2D eigenvalue weighted by molar-refractivity contribution is 5.69. The molecule has 3 atom stereocenters. The van der Waals surface area contributed by atoms with E-state index in [2.05, 4.69) is 10.00 Å². The molecule has 3 heterocycles. The fraction of sp³-hybridized carbons (Fsp3) is 0.474. The summed E-state index contributed by atoms with van der Waals surface area (Å²) in [6.45, 7) is 1.73. The zero-order valence-corrected chi connectivity index (χ0v) is 15.5. The molecule has 150 valence electrons. The van der Waals surface area contributed by atoms with Crippen LogP contribution in [0.15, 0.2) is 24.4 Å². The Labute approximate surface area is 161 Å². The van der Waals surface area contributed by atoms with Crippen molar-refractivity contribution in [1.82, 2.24) is 14.7 Å². The number of carbonyl (C=O) groups excluding carboxylic acids is 1. The summed E-state index contributed by atoms with van der Waals surface area (Å²) >= 11 is 0. The van der Waals surface area contributed by atoms with Crippen LogP contribution >= 0.6 is 0 Å². The summed E-state index contributed by atoms with van der Waals surface area (Å²) in [5.41, 5.74) is 8.44. The smallest absolute Gasteiger partial charge is 0.327 e. The number of aromatic nitrogens is 2. The van der Waals surface area contributed by atoms with Crippen molar-refractivity contribution in [3.05, 3.63) is 52.9 Å². The van der Waals surface area contributed by atoms with Gasteiger partial charge in [0.2, 0.25) is 0 Å². The largest absolute Gasteiger partial charge is 0.468 e. The van der Waals surface area contributed by atoms with Crippen LogP contribution in [0.4, 0.5) is 8.78 Å². The number of methoxy groups -OCH3 is 1. The number of hydrogen-bond acceptors (Lipinski definition) is 6. The van der Waals surface area contributed by atoms with Crippen LogP contribution in [-0.4, -0.2) is 46.5 Å². The average Bonchev–Trinajstić information content (AvgIpc) is 3.26. The van der Waals surface area contributed by atoms with Gasteiger partial charge >= 0.3 is 5.97 Å².